The highest BCUT2D eigenvalue weighted by atomic mass is 16.4. The highest BCUT2D eigenvalue weighted by molar-refractivity contribution is 5.95. The molecule has 2 heterocycles. The van der Waals surface area contributed by atoms with Crippen molar-refractivity contribution in [2.75, 3.05) is 13.1 Å². The number of hydrogen-bond acceptors (Lipinski definition) is 3. The van der Waals surface area contributed by atoms with Crippen molar-refractivity contribution in [3.05, 3.63) is 17.5 Å². The smallest absolute Gasteiger partial charge is 0.308 e. The molecular weight excluding hydrogens is 270 g/mol. The zero-order valence-corrected chi connectivity index (χ0v) is 13.1. The van der Waals surface area contributed by atoms with Gasteiger partial charge in [0.25, 0.3) is 5.91 Å². The lowest BCUT2D eigenvalue weighted by Crippen LogP contribution is -2.31. The van der Waals surface area contributed by atoms with Crippen molar-refractivity contribution in [1.29, 1.82) is 0 Å². The molecule has 6 heteroatoms. The minimum Gasteiger partial charge on any atom is -0.481 e. The summed E-state index contributed by atoms with van der Waals surface area (Å²) in [5.41, 5.74) is 1.32. The van der Waals surface area contributed by atoms with Gasteiger partial charge in [0, 0.05) is 13.1 Å². The molecule has 1 aliphatic heterocycles. The number of carbonyl (C=O) groups excluding carboxylic acids is 1. The lowest BCUT2D eigenvalue weighted by Gasteiger charge is -2.23. The summed E-state index contributed by atoms with van der Waals surface area (Å²) in [4.78, 5) is 25.3. The molecule has 1 atom stereocenters. The minimum absolute atomic E-state index is 0.105. The van der Waals surface area contributed by atoms with E-state index in [4.69, 9.17) is 5.11 Å². The number of carboxylic acid groups (broad SMARTS) is 1. The van der Waals surface area contributed by atoms with Crippen LogP contribution in [-0.2, 0) is 16.8 Å². The van der Waals surface area contributed by atoms with Gasteiger partial charge in [-0.2, -0.15) is 5.10 Å². The van der Waals surface area contributed by atoms with Crippen molar-refractivity contribution in [2.24, 2.45) is 5.92 Å². The first-order valence-electron chi connectivity index (χ1n) is 7.35. The Labute approximate surface area is 124 Å². The van der Waals surface area contributed by atoms with E-state index in [9.17, 15) is 9.59 Å². The van der Waals surface area contributed by atoms with Gasteiger partial charge in [-0.05, 0) is 33.6 Å². The maximum Gasteiger partial charge on any atom is 0.308 e. The molecule has 0 aromatic carbocycles. The number of likely N-dealkylation sites (tertiary alicyclic amines) is 1. The number of hydrogen-bond donors (Lipinski definition) is 1. The molecule has 1 fully saturated rings. The molecule has 1 aliphatic rings. The number of aromatic nitrogens is 2. The van der Waals surface area contributed by atoms with Crippen molar-refractivity contribution < 1.29 is 14.7 Å². The van der Waals surface area contributed by atoms with E-state index in [1.165, 1.54) is 0 Å². The SMILES string of the molecule is CCc1c(C(=O)N2CCC(C(=O)O)C2)cnn1C(C)(C)C. The van der Waals surface area contributed by atoms with Crippen LogP contribution >= 0.6 is 0 Å². The Bertz CT molecular complexity index is 557. The van der Waals surface area contributed by atoms with E-state index in [0.717, 1.165) is 5.69 Å². The number of rotatable bonds is 3. The van der Waals surface area contributed by atoms with Crippen LogP contribution in [0.1, 0.15) is 50.2 Å². The molecule has 0 radical (unpaired) electrons. The third-order valence-electron chi connectivity index (χ3n) is 3.89. The van der Waals surface area contributed by atoms with Gasteiger partial charge in [-0.15, -0.1) is 0 Å². The van der Waals surface area contributed by atoms with Crippen molar-refractivity contribution >= 4 is 11.9 Å². The molecule has 0 bridgehead atoms. The summed E-state index contributed by atoms with van der Waals surface area (Å²) >= 11 is 0. The molecule has 0 saturated carbocycles. The van der Waals surface area contributed by atoms with Gasteiger partial charge in [-0.3, -0.25) is 14.3 Å². The zero-order chi connectivity index (χ0) is 15.8. The maximum atomic E-state index is 12.6. The first-order valence-corrected chi connectivity index (χ1v) is 7.35. The van der Waals surface area contributed by atoms with Gasteiger partial charge in [0.15, 0.2) is 0 Å². The Morgan fingerprint density at radius 3 is 2.57 bits per heavy atom. The maximum absolute atomic E-state index is 12.6. The van der Waals surface area contributed by atoms with Gasteiger partial charge < -0.3 is 10.0 Å². The average molecular weight is 293 g/mol. The fourth-order valence-electron chi connectivity index (χ4n) is 2.79. The van der Waals surface area contributed by atoms with Gasteiger partial charge in [-0.25, -0.2) is 0 Å². The van der Waals surface area contributed by atoms with Crippen molar-refractivity contribution in [3.63, 3.8) is 0 Å². The fourth-order valence-corrected chi connectivity index (χ4v) is 2.79. The summed E-state index contributed by atoms with van der Waals surface area (Å²) in [7, 11) is 0. The van der Waals surface area contributed by atoms with E-state index >= 15 is 0 Å². The summed E-state index contributed by atoms with van der Waals surface area (Å²) < 4.78 is 1.88. The zero-order valence-electron chi connectivity index (χ0n) is 13.1. The van der Waals surface area contributed by atoms with E-state index in [2.05, 4.69) is 5.10 Å². The lowest BCUT2D eigenvalue weighted by molar-refractivity contribution is -0.141. The molecule has 1 saturated heterocycles. The van der Waals surface area contributed by atoms with Crippen LogP contribution in [-0.4, -0.2) is 44.8 Å². The largest absolute Gasteiger partial charge is 0.481 e. The summed E-state index contributed by atoms with van der Waals surface area (Å²) in [5, 5.41) is 13.4. The van der Waals surface area contributed by atoms with Gasteiger partial charge in [0.1, 0.15) is 0 Å². The topological polar surface area (TPSA) is 75.4 Å². The number of nitrogens with zero attached hydrogens (tertiary/aromatic N) is 3. The molecule has 21 heavy (non-hydrogen) atoms. The second-order valence-electron chi connectivity index (χ2n) is 6.52. The molecule has 0 spiro atoms. The number of carbonyl (C=O) groups is 2. The van der Waals surface area contributed by atoms with E-state index in [1.807, 2.05) is 32.4 Å². The van der Waals surface area contributed by atoms with Crippen molar-refractivity contribution in [2.45, 2.75) is 46.1 Å². The Balaban J connectivity index is 2.25. The van der Waals surface area contributed by atoms with E-state index in [0.29, 0.717) is 24.9 Å². The summed E-state index contributed by atoms with van der Waals surface area (Å²) in [6, 6.07) is 0. The lowest BCUT2D eigenvalue weighted by atomic mass is 10.1. The molecule has 1 aromatic rings. The Hall–Kier alpha value is -1.85. The second kappa shape index (κ2) is 5.50. The Kier molecular flexibility index (Phi) is 4.07. The first kappa shape index (κ1) is 15.5. The molecule has 1 aromatic heterocycles. The molecule has 2 rings (SSSR count). The highest BCUT2D eigenvalue weighted by Gasteiger charge is 2.33. The molecule has 1 unspecified atom stereocenters. The third kappa shape index (κ3) is 2.94. The molecular formula is C15H23N3O3. The predicted molar refractivity (Wildman–Crippen MR) is 78.2 cm³/mol. The van der Waals surface area contributed by atoms with E-state index in [-0.39, 0.29) is 18.0 Å². The van der Waals surface area contributed by atoms with E-state index in [1.54, 1.807) is 11.1 Å². The Morgan fingerprint density at radius 2 is 2.10 bits per heavy atom. The Morgan fingerprint density at radius 1 is 1.43 bits per heavy atom. The van der Waals surface area contributed by atoms with Gasteiger partial charge in [0.05, 0.1) is 28.9 Å². The summed E-state index contributed by atoms with van der Waals surface area (Å²) in [5.74, 6) is -1.38. The van der Waals surface area contributed by atoms with Crippen LogP contribution in [0.25, 0.3) is 0 Å². The quantitative estimate of drug-likeness (QED) is 0.921. The monoisotopic (exact) mass is 293 g/mol. The minimum atomic E-state index is -0.827. The van der Waals surface area contributed by atoms with Gasteiger partial charge >= 0.3 is 5.97 Å². The average Bonchev–Trinajstić information content (AvgIpc) is 3.03. The van der Waals surface area contributed by atoms with Gasteiger partial charge in [-0.1, -0.05) is 6.92 Å². The van der Waals surface area contributed by atoms with Crippen LogP contribution in [0.5, 0.6) is 0 Å². The van der Waals surface area contributed by atoms with Crippen LogP contribution in [0.3, 0.4) is 0 Å². The summed E-state index contributed by atoms with van der Waals surface area (Å²) in [6.45, 7) is 8.93. The van der Waals surface area contributed by atoms with Crippen LogP contribution in [0.2, 0.25) is 0 Å². The summed E-state index contributed by atoms with van der Waals surface area (Å²) in [6.07, 6.45) is 2.85. The standard InChI is InChI=1S/C15H23N3O3/c1-5-12-11(8-16-18(12)15(2,3)4)13(19)17-7-6-10(9-17)14(20)21/h8,10H,5-7,9H2,1-4H3,(H,20,21). The van der Waals surface area contributed by atoms with E-state index < -0.39 is 11.9 Å². The van der Waals surface area contributed by atoms with Crippen LogP contribution in [0.15, 0.2) is 6.20 Å². The number of aliphatic carboxylic acids is 1. The van der Waals surface area contributed by atoms with Crippen LogP contribution in [0.4, 0.5) is 0 Å². The third-order valence-corrected chi connectivity index (χ3v) is 3.89. The van der Waals surface area contributed by atoms with Crippen LogP contribution < -0.4 is 0 Å². The molecule has 1 amide bonds. The molecule has 116 valence electrons. The number of amides is 1. The normalized spacial score (nSPS) is 19.0. The highest BCUT2D eigenvalue weighted by Crippen LogP contribution is 2.24. The molecule has 6 nitrogen and oxygen atoms in total. The number of carboxylic acids is 1. The van der Waals surface area contributed by atoms with Gasteiger partial charge in [0.2, 0.25) is 0 Å². The molecule has 1 N–H and O–H groups in total. The van der Waals surface area contributed by atoms with Crippen LogP contribution in [0, 0.1) is 5.92 Å². The predicted octanol–water partition coefficient (Wildman–Crippen LogP) is 1.75. The second-order valence-corrected chi connectivity index (χ2v) is 6.52. The van der Waals surface area contributed by atoms with Crippen molar-refractivity contribution in [1.82, 2.24) is 14.7 Å². The molecule has 0 aliphatic carbocycles. The van der Waals surface area contributed by atoms with Crippen molar-refractivity contribution in [3.8, 4) is 0 Å². The fraction of sp³-hybridized carbons (Fsp3) is 0.667. The first-order chi connectivity index (χ1) is 9.75.